The molecule has 0 saturated heterocycles. The van der Waals surface area contributed by atoms with Crippen molar-refractivity contribution in [3.63, 3.8) is 0 Å². The van der Waals surface area contributed by atoms with Crippen LogP contribution in [0.2, 0.25) is 0 Å². The number of nitro groups is 1. The smallest absolute Gasteiger partial charge is 0.271 e. The standard InChI is InChI=1S/C16H16N2O5/c1-10-3-6-13(7-4-10)23-11(2)16(20)17-14-9-12(18(21)22)5-8-15(14)19/h3-9,11,19H,1-2H3,(H,17,20). The van der Waals surface area contributed by atoms with Crippen LogP contribution in [0, 0.1) is 17.0 Å². The van der Waals surface area contributed by atoms with Crippen molar-refractivity contribution in [3.05, 3.63) is 58.1 Å². The maximum absolute atomic E-state index is 12.1. The van der Waals surface area contributed by atoms with E-state index in [4.69, 9.17) is 4.74 Å². The number of amides is 1. The second kappa shape index (κ2) is 6.78. The number of benzene rings is 2. The number of aromatic hydroxyl groups is 1. The summed E-state index contributed by atoms with van der Waals surface area (Å²) in [6.45, 7) is 3.48. The number of nitrogens with zero attached hydrogens (tertiary/aromatic N) is 1. The molecule has 0 aromatic heterocycles. The molecule has 7 nitrogen and oxygen atoms in total. The SMILES string of the molecule is Cc1ccc(OC(C)C(=O)Nc2cc([N+](=O)[O-])ccc2O)cc1. The van der Waals surface area contributed by atoms with Crippen molar-refractivity contribution in [2.45, 2.75) is 20.0 Å². The fraction of sp³-hybridized carbons (Fsp3) is 0.188. The molecule has 1 atom stereocenters. The highest BCUT2D eigenvalue weighted by Crippen LogP contribution is 2.28. The van der Waals surface area contributed by atoms with Crippen LogP contribution in [0.5, 0.6) is 11.5 Å². The van der Waals surface area contributed by atoms with E-state index in [-0.39, 0.29) is 17.1 Å². The zero-order valence-electron chi connectivity index (χ0n) is 12.6. The van der Waals surface area contributed by atoms with Gasteiger partial charge in [0.1, 0.15) is 11.5 Å². The van der Waals surface area contributed by atoms with Crippen LogP contribution in [0.15, 0.2) is 42.5 Å². The molecule has 1 amide bonds. The van der Waals surface area contributed by atoms with Gasteiger partial charge in [0.25, 0.3) is 11.6 Å². The van der Waals surface area contributed by atoms with E-state index in [1.54, 1.807) is 19.1 Å². The molecule has 0 bridgehead atoms. The highest BCUT2D eigenvalue weighted by Gasteiger charge is 2.18. The highest BCUT2D eigenvalue weighted by molar-refractivity contribution is 5.95. The minimum Gasteiger partial charge on any atom is -0.506 e. The summed E-state index contributed by atoms with van der Waals surface area (Å²) in [5.41, 5.74) is 0.796. The van der Waals surface area contributed by atoms with Gasteiger partial charge in [-0.1, -0.05) is 17.7 Å². The number of phenolic OH excluding ortho intramolecular Hbond substituents is 1. The Bertz CT molecular complexity index is 728. The number of nitro benzene ring substituents is 1. The molecule has 0 fully saturated rings. The third-order valence-corrected chi connectivity index (χ3v) is 3.15. The number of nitrogens with one attached hydrogen (secondary N) is 1. The van der Waals surface area contributed by atoms with E-state index < -0.39 is 16.9 Å². The Kier molecular flexibility index (Phi) is 4.80. The molecule has 0 aliphatic rings. The first kappa shape index (κ1) is 16.3. The topological polar surface area (TPSA) is 102 Å². The van der Waals surface area contributed by atoms with Gasteiger partial charge in [-0.3, -0.25) is 14.9 Å². The summed E-state index contributed by atoms with van der Waals surface area (Å²) in [7, 11) is 0. The van der Waals surface area contributed by atoms with Crippen molar-refractivity contribution in [2.75, 3.05) is 5.32 Å². The minimum atomic E-state index is -0.837. The molecule has 0 heterocycles. The number of carbonyl (C=O) groups excluding carboxylic acids is 1. The monoisotopic (exact) mass is 316 g/mol. The number of non-ortho nitro benzene ring substituents is 1. The molecule has 0 saturated carbocycles. The quantitative estimate of drug-likeness (QED) is 0.501. The number of aryl methyl sites for hydroxylation is 1. The third-order valence-electron chi connectivity index (χ3n) is 3.15. The number of hydrogen-bond donors (Lipinski definition) is 2. The molecular weight excluding hydrogens is 300 g/mol. The van der Waals surface area contributed by atoms with Crippen LogP contribution in [0.4, 0.5) is 11.4 Å². The summed E-state index contributed by atoms with van der Waals surface area (Å²) < 4.78 is 5.49. The van der Waals surface area contributed by atoms with Crippen molar-refractivity contribution < 1.29 is 19.6 Å². The van der Waals surface area contributed by atoms with Crippen LogP contribution in [0.25, 0.3) is 0 Å². The maximum atomic E-state index is 12.1. The predicted molar refractivity (Wildman–Crippen MR) is 84.7 cm³/mol. The first-order valence-electron chi connectivity index (χ1n) is 6.88. The van der Waals surface area contributed by atoms with E-state index in [0.29, 0.717) is 5.75 Å². The Balaban J connectivity index is 2.07. The largest absolute Gasteiger partial charge is 0.506 e. The van der Waals surface area contributed by atoms with E-state index >= 15 is 0 Å². The Morgan fingerprint density at radius 3 is 2.52 bits per heavy atom. The summed E-state index contributed by atoms with van der Waals surface area (Å²) in [4.78, 5) is 22.2. The molecule has 0 aliphatic heterocycles. The van der Waals surface area contributed by atoms with Gasteiger partial charge in [-0.05, 0) is 32.0 Å². The van der Waals surface area contributed by atoms with E-state index in [1.807, 2.05) is 19.1 Å². The molecule has 23 heavy (non-hydrogen) atoms. The zero-order valence-corrected chi connectivity index (χ0v) is 12.6. The molecule has 7 heteroatoms. The number of hydrogen-bond acceptors (Lipinski definition) is 5. The highest BCUT2D eigenvalue weighted by atomic mass is 16.6. The minimum absolute atomic E-state index is 0.0384. The molecule has 0 radical (unpaired) electrons. The van der Waals surface area contributed by atoms with Crippen molar-refractivity contribution in [1.82, 2.24) is 0 Å². The van der Waals surface area contributed by atoms with Crippen LogP contribution >= 0.6 is 0 Å². The number of carbonyl (C=O) groups is 1. The molecule has 2 N–H and O–H groups in total. The lowest BCUT2D eigenvalue weighted by Gasteiger charge is -2.15. The zero-order chi connectivity index (χ0) is 17.0. The molecule has 2 aromatic carbocycles. The van der Waals surface area contributed by atoms with E-state index in [0.717, 1.165) is 23.8 Å². The molecule has 1 unspecified atom stereocenters. The van der Waals surface area contributed by atoms with Gasteiger partial charge in [0.2, 0.25) is 0 Å². The first-order chi connectivity index (χ1) is 10.9. The molecule has 0 spiro atoms. The van der Waals surface area contributed by atoms with Crippen molar-refractivity contribution in [1.29, 1.82) is 0 Å². The molecule has 2 aromatic rings. The van der Waals surface area contributed by atoms with Crippen LogP contribution in [-0.4, -0.2) is 22.0 Å². The van der Waals surface area contributed by atoms with E-state index in [9.17, 15) is 20.0 Å². The second-order valence-electron chi connectivity index (χ2n) is 5.02. The van der Waals surface area contributed by atoms with Gasteiger partial charge in [0.05, 0.1) is 10.6 Å². The van der Waals surface area contributed by atoms with Gasteiger partial charge in [-0.15, -0.1) is 0 Å². The Morgan fingerprint density at radius 2 is 1.91 bits per heavy atom. The lowest BCUT2D eigenvalue weighted by molar-refractivity contribution is -0.384. The Labute approximate surface area is 132 Å². The molecule has 120 valence electrons. The van der Waals surface area contributed by atoms with Crippen LogP contribution in [0.3, 0.4) is 0 Å². The van der Waals surface area contributed by atoms with Crippen molar-refractivity contribution >= 4 is 17.3 Å². The summed E-state index contributed by atoms with van der Waals surface area (Å²) in [6, 6.07) is 10.6. The summed E-state index contributed by atoms with van der Waals surface area (Å²) in [5.74, 6) is -0.255. The van der Waals surface area contributed by atoms with Gasteiger partial charge in [0, 0.05) is 12.1 Å². The average Bonchev–Trinajstić information content (AvgIpc) is 2.51. The number of ether oxygens (including phenoxy) is 1. The summed E-state index contributed by atoms with van der Waals surface area (Å²) >= 11 is 0. The molecule has 2 rings (SSSR count). The fourth-order valence-corrected chi connectivity index (χ4v) is 1.85. The predicted octanol–water partition coefficient (Wildman–Crippen LogP) is 3.01. The molecule has 0 aliphatic carbocycles. The van der Waals surface area contributed by atoms with Crippen molar-refractivity contribution in [2.24, 2.45) is 0 Å². The maximum Gasteiger partial charge on any atom is 0.271 e. The van der Waals surface area contributed by atoms with Gasteiger partial charge < -0.3 is 15.2 Å². The van der Waals surface area contributed by atoms with Gasteiger partial charge >= 0.3 is 0 Å². The molecular formula is C16H16N2O5. The second-order valence-corrected chi connectivity index (χ2v) is 5.02. The average molecular weight is 316 g/mol. The third kappa shape index (κ3) is 4.19. The van der Waals surface area contributed by atoms with Gasteiger partial charge in [0.15, 0.2) is 6.10 Å². The van der Waals surface area contributed by atoms with Crippen LogP contribution in [-0.2, 0) is 4.79 Å². The van der Waals surface area contributed by atoms with Gasteiger partial charge in [-0.2, -0.15) is 0 Å². The van der Waals surface area contributed by atoms with E-state index in [1.165, 1.54) is 0 Å². The number of rotatable bonds is 5. The van der Waals surface area contributed by atoms with Gasteiger partial charge in [-0.25, -0.2) is 0 Å². The van der Waals surface area contributed by atoms with Crippen LogP contribution < -0.4 is 10.1 Å². The first-order valence-corrected chi connectivity index (χ1v) is 6.88. The van der Waals surface area contributed by atoms with Crippen molar-refractivity contribution in [3.8, 4) is 11.5 Å². The summed E-state index contributed by atoms with van der Waals surface area (Å²) in [6.07, 6.45) is -0.837. The lowest BCUT2D eigenvalue weighted by Crippen LogP contribution is -2.30. The number of anilines is 1. The van der Waals surface area contributed by atoms with E-state index in [2.05, 4.69) is 5.32 Å². The number of phenols is 1. The fourth-order valence-electron chi connectivity index (χ4n) is 1.85. The summed E-state index contributed by atoms with van der Waals surface area (Å²) in [5, 5.41) is 22.8. The Hall–Kier alpha value is -3.09. The lowest BCUT2D eigenvalue weighted by atomic mass is 10.2. The van der Waals surface area contributed by atoms with Crippen LogP contribution in [0.1, 0.15) is 12.5 Å². The Morgan fingerprint density at radius 1 is 1.26 bits per heavy atom. The normalized spacial score (nSPS) is 11.6.